The van der Waals surface area contributed by atoms with Crippen LogP contribution in [0.15, 0.2) is 29.0 Å². The van der Waals surface area contributed by atoms with Gasteiger partial charge in [-0.3, -0.25) is 0 Å². The fourth-order valence-electron chi connectivity index (χ4n) is 2.84. The molecule has 0 bridgehead atoms. The van der Waals surface area contributed by atoms with Gasteiger partial charge in [0.25, 0.3) is 0 Å². The highest BCUT2D eigenvalue weighted by molar-refractivity contribution is 5.88. The third kappa shape index (κ3) is 2.59. The van der Waals surface area contributed by atoms with Gasteiger partial charge in [-0.15, -0.1) is 0 Å². The molecule has 4 nitrogen and oxygen atoms in total. The van der Waals surface area contributed by atoms with E-state index in [4.69, 9.17) is 4.42 Å². The molecule has 1 unspecified atom stereocenters. The van der Waals surface area contributed by atoms with Gasteiger partial charge in [-0.1, -0.05) is 6.42 Å². The second kappa shape index (κ2) is 5.61. The molecule has 0 aromatic carbocycles. The molecule has 19 heavy (non-hydrogen) atoms. The lowest BCUT2D eigenvalue weighted by Gasteiger charge is -2.30. The van der Waals surface area contributed by atoms with Crippen LogP contribution >= 0.6 is 0 Å². The number of anilines is 1. The Morgan fingerprint density at radius 1 is 1.42 bits per heavy atom. The van der Waals surface area contributed by atoms with Crippen LogP contribution in [-0.2, 0) is 0 Å². The minimum Gasteiger partial charge on any atom is -0.464 e. The molecule has 0 saturated carbocycles. The van der Waals surface area contributed by atoms with Gasteiger partial charge in [0.05, 0.1) is 11.6 Å². The van der Waals surface area contributed by atoms with Gasteiger partial charge >= 0.3 is 0 Å². The molecule has 1 aliphatic rings. The second-order valence-corrected chi connectivity index (χ2v) is 5.15. The molecule has 4 heteroatoms. The van der Waals surface area contributed by atoms with Crippen LogP contribution in [0.25, 0.3) is 11.0 Å². The van der Waals surface area contributed by atoms with Crippen molar-refractivity contribution in [3.8, 4) is 0 Å². The summed E-state index contributed by atoms with van der Waals surface area (Å²) in [5, 5.41) is 4.71. The molecule has 1 N–H and O–H groups in total. The molecule has 3 rings (SSSR count). The SMILES string of the molecule is CCN(CC1CCCCN1)c1nccc2occc12. The van der Waals surface area contributed by atoms with Crippen molar-refractivity contribution in [2.45, 2.75) is 32.2 Å². The second-order valence-electron chi connectivity index (χ2n) is 5.15. The molecular weight excluding hydrogens is 238 g/mol. The number of rotatable bonds is 4. The molecule has 0 aliphatic carbocycles. The Morgan fingerprint density at radius 3 is 3.16 bits per heavy atom. The van der Waals surface area contributed by atoms with E-state index in [0.29, 0.717) is 6.04 Å². The van der Waals surface area contributed by atoms with Crippen LogP contribution in [0.4, 0.5) is 5.82 Å². The van der Waals surface area contributed by atoms with Crippen molar-refractivity contribution in [1.82, 2.24) is 10.3 Å². The molecule has 1 aliphatic heterocycles. The van der Waals surface area contributed by atoms with Crippen molar-refractivity contribution in [1.29, 1.82) is 0 Å². The fourth-order valence-corrected chi connectivity index (χ4v) is 2.84. The molecule has 0 radical (unpaired) electrons. The van der Waals surface area contributed by atoms with Gasteiger partial charge in [0.2, 0.25) is 0 Å². The molecule has 2 aromatic heterocycles. The van der Waals surface area contributed by atoms with Crippen molar-refractivity contribution < 1.29 is 4.42 Å². The van der Waals surface area contributed by atoms with Crippen LogP contribution in [0.2, 0.25) is 0 Å². The van der Waals surface area contributed by atoms with E-state index >= 15 is 0 Å². The van der Waals surface area contributed by atoms with Crippen molar-refractivity contribution in [2.75, 3.05) is 24.5 Å². The number of fused-ring (bicyclic) bond motifs is 1. The Morgan fingerprint density at radius 2 is 2.37 bits per heavy atom. The summed E-state index contributed by atoms with van der Waals surface area (Å²) in [6.45, 7) is 5.32. The number of hydrogen-bond acceptors (Lipinski definition) is 4. The predicted octanol–water partition coefficient (Wildman–Crippen LogP) is 2.80. The molecule has 3 heterocycles. The van der Waals surface area contributed by atoms with E-state index in [2.05, 4.69) is 22.1 Å². The maximum absolute atomic E-state index is 5.46. The Kier molecular flexibility index (Phi) is 3.69. The van der Waals surface area contributed by atoms with Gasteiger partial charge in [-0.25, -0.2) is 4.98 Å². The van der Waals surface area contributed by atoms with Gasteiger partial charge < -0.3 is 14.6 Å². The summed E-state index contributed by atoms with van der Waals surface area (Å²) >= 11 is 0. The Bertz CT molecular complexity index is 531. The monoisotopic (exact) mass is 259 g/mol. The number of nitrogens with zero attached hydrogens (tertiary/aromatic N) is 2. The summed E-state index contributed by atoms with van der Waals surface area (Å²) in [5.41, 5.74) is 0.917. The first-order valence-corrected chi connectivity index (χ1v) is 7.19. The average Bonchev–Trinajstić information content (AvgIpc) is 2.94. The van der Waals surface area contributed by atoms with Crippen LogP contribution in [0.1, 0.15) is 26.2 Å². The molecular formula is C15H21N3O. The molecule has 0 amide bonds. The third-order valence-electron chi connectivity index (χ3n) is 3.89. The Balaban J connectivity index is 1.82. The lowest BCUT2D eigenvalue weighted by atomic mass is 10.0. The van der Waals surface area contributed by atoms with E-state index in [1.807, 2.05) is 18.3 Å². The number of aromatic nitrogens is 1. The number of nitrogens with one attached hydrogen (secondary N) is 1. The van der Waals surface area contributed by atoms with E-state index in [1.165, 1.54) is 19.3 Å². The smallest absolute Gasteiger partial charge is 0.139 e. The lowest BCUT2D eigenvalue weighted by Crippen LogP contribution is -2.44. The fraction of sp³-hybridized carbons (Fsp3) is 0.533. The largest absolute Gasteiger partial charge is 0.464 e. The standard InChI is InChI=1S/C15H21N3O/c1-2-18(11-12-5-3-4-8-16-12)15-13-7-10-19-14(13)6-9-17-15/h6-7,9-10,12,16H,2-5,8,11H2,1H3. The zero-order chi connectivity index (χ0) is 13.1. The number of likely N-dealkylation sites (N-methyl/N-ethyl adjacent to an activating group) is 1. The van der Waals surface area contributed by atoms with Crippen LogP contribution in [0, 0.1) is 0 Å². The highest BCUT2D eigenvalue weighted by Gasteiger charge is 2.18. The van der Waals surface area contributed by atoms with Crippen LogP contribution in [-0.4, -0.2) is 30.7 Å². The van der Waals surface area contributed by atoms with Crippen LogP contribution < -0.4 is 10.2 Å². The summed E-state index contributed by atoms with van der Waals surface area (Å²) < 4.78 is 5.46. The van der Waals surface area contributed by atoms with E-state index in [0.717, 1.165) is 36.4 Å². The summed E-state index contributed by atoms with van der Waals surface area (Å²) in [5.74, 6) is 1.04. The molecule has 0 spiro atoms. The topological polar surface area (TPSA) is 41.3 Å². The summed E-state index contributed by atoms with van der Waals surface area (Å²) in [7, 11) is 0. The quantitative estimate of drug-likeness (QED) is 0.916. The summed E-state index contributed by atoms with van der Waals surface area (Å²) in [4.78, 5) is 6.90. The molecule has 2 aromatic rings. The zero-order valence-electron chi connectivity index (χ0n) is 11.4. The predicted molar refractivity (Wildman–Crippen MR) is 77.5 cm³/mol. The highest BCUT2D eigenvalue weighted by atomic mass is 16.3. The minimum absolute atomic E-state index is 0.581. The molecule has 1 fully saturated rings. The van der Waals surface area contributed by atoms with Crippen molar-refractivity contribution in [3.63, 3.8) is 0 Å². The Labute approximate surface area is 113 Å². The van der Waals surface area contributed by atoms with E-state index < -0.39 is 0 Å². The van der Waals surface area contributed by atoms with Gasteiger partial charge in [0.1, 0.15) is 11.4 Å². The summed E-state index contributed by atoms with van der Waals surface area (Å²) in [6, 6.07) is 4.51. The van der Waals surface area contributed by atoms with E-state index in [-0.39, 0.29) is 0 Å². The summed E-state index contributed by atoms with van der Waals surface area (Å²) in [6.07, 6.45) is 7.47. The number of piperidine rings is 1. The number of furan rings is 1. The van der Waals surface area contributed by atoms with E-state index in [1.54, 1.807) is 6.26 Å². The maximum atomic E-state index is 5.46. The normalized spacial score (nSPS) is 19.7. The first-order valence-electron chi connectivity index (χ1n) is 7.19. The molecule has 102 valence electrons. The van der Waals surface area contributed by atoms with E-state index in [9.17, 15) is 0 Å². The van der Waals surface area contributed by atoms with Gasteiger partial charge in [0, 0.05) is 25.3 Å². The van der Waals surface area contributed by atoms with Gasteiger partial charge in [-0.05, 0) is 38.4 Å². The van der Waals surface area contributed by atoms with Crippen molar-refractivity contribution in [3.05, 3.63) is 24.6 Å². The third-order valence-corrected chi connectivity index (χ3v) is 3.89. The first kappa shape index (κ1) is 12.5. The molecule has 1 atom stereocenters. The number of hydrogen-bond donors (Lipinski definition) is 1. The lowest BCUT2D eigenvalue weighted by molar-refractivity contribution is 0.400. The first-order chi connectivity index (χ1) is 9.38. The maximum Gasteiger partial charge on any atom is 0.139 e. The van der Waals surface area contributed by atoms with Crippen molar-refractivity contribution in [2.24, 2.45) is 0 Å². The zero-order valence-corrected chi connectivity index (χ0v) is 11.4. The van der Waals surface area contributed by atoms with Crippen molar-refractivity contribution >= 4 is 16.8 Å². The van der Waals surface area contributed by atoms with Gasteiger partial charge in [0.15, 0.2) is 0 Å². The van der Waals surface area contributed by atoms with Gasteiger partial charge in [-0.2, -0.15) is 0 Å². The average molecular weight is 259 g/mol. The molecule has 1 saturated heterocycles. The Hall–Kier alpha value is -1.55. The van der Waals surface area contributed by atoms with Crippen LogP contribution in [0.3, 0.4) is 0 Å². The minimum atomic E-state index is 0.581. The number of pyridine rings is 1. The highest BCUT2D eigenvalue weighted by Crippen LogP contribution is 2.25. The van der Waals surface area contributed by atoms with Crippen LogP contribution in [0.5, 0.6) is 0 Å².